The molecule has 0 saturated carbocycles. The smallest absolute Gasteiger partial charge is 0.256 e. The first-order valence-corrected chi connectivity index (χ1v) is 7.28. The van der Waals surface area contributed by atoms with Crippen molar-refractivity contribution in [1.29, 1.82) is 0 Å². The minimum atomic E-state index is -0.301. The normalized spacial score (nSPS) is 12.2. The zero-order valence-electron chi connectivity index (χ0n) is 11.1. The first kappa shape index (κ1) is 14.8. The van der Waals surface area contributed by atoms with Gasteiger partial charge in [-0.15, -0.1) is 0 Å². The number of H-pyrrole nitrogens is 1. The number of thioether (sulfide) groups is 1. The SMILES string of the molecule is CCSCCC(C)NC(=O)c1c[nH]c(C)cc1=O. The Bertz CT molecular complexity index is 457. The largest absolute Gasteiger partial charge is 0.364 e. The second-order valence-electron chi connectivity index (χ2n) is 4.25. The van der Waals surface area contributed by atoms with Crippen molar-refractivity contribution in [2.75, 3.05) is 11.5 Å². The molecule has 1 aromatic rings. The van der Waals surface area contributed by atoms with Gasteiger partial charge in [0, 0.05) is 24.0 Å². The molecule has 0 aliphatic heterocycles. The lowest BCUT2D eigenvalue weighted by atomic mass is 10.2. The highest BCUT2D eigenvalue weighted by atomic mass is 32.2. The third-order valence-electron chi connectivity index (χ3n) is 2.58. The van der Waals surface area contributed by atoms with Crippen molar-refractivity contribution >= 4 is 17.7 Å². The van der Waals surface area contributed by atoms with Gasteiger partial charge in [0.05, 0.1) is 0 Å². The van der Waals surface area contributed by atoms with Crippen LogP contribution in [0.3, 0.4) is 0 Å². The van der Waals surface area contributed by atoms with Gasteiger partial charge in [0.15, 0.2) is 5.43 Å². The van der Waals surface area contributed by atoms with Crippen molar-refractivity contribution in [2.24, 2.45) is 0 Å². The highest BCUT2D eigenvalue weighted by Gasteiger charge is 2.12. The summed E-state index contributed by atoms with van der Waals surface area (Å²) in [6.45, 7) is 5.85. The maximum absolute atomic E-state index is 11.9. The monoisotopic (exact) mass is 268 g/mol. The molecule has 1 heterocycles. The number of nitrogens with one attached hydrogen (secondary N) is 2. The number of hydrogen-bond acceptors (Lipinski definition) is 3. The van der Waals surface area contributed by atoms with Crippen LogP contribution in [0.2, 0.25) is 0 Å². The van der Waals surface area contributed by atoms with Crippen LogP contribution >= 0.6 is 11.8 Å². The minimum absolute atomic E-state index is 0.0808. The van der Waals surface area contributed by atoms with E-state index in [4.69, 9.17) is 0 Å². The van der Waals surface area contributed by atoms with E-state index >= 15 is 0 Å². The lowest BCUT2D eigenvalue weighted by Crippen LogP contribution is -2.35. The van der Waals surface area contributed by atoms with E-state index in [0.717, 1.165) is 23.6 Å². The quantitative estimate of drug-likeness (QED) is 0.775. The molecule has 1 atom stereocenters. The number of aromatic amines is 1. The lowest BCUT2D eigenvalue weighted by Gasteiger charge is -2.13. The van der Waals surface area contributed by atoms with Gasteiger partial charge in [-0.3, -0.25) is 9.59 Å². The van der Waals surface area contributed by atoms with Crippen LogP contribution in [0.1, 0.15) is 36.3 Å². The van der Waals surface area contributed by atoms with Crippen molar-refractivity contribution in [3.8, 4) is 0 Å². The lowest BCUT2D eigenvalue weighted by molar-refractivity contribution is 0.0938. The second kappa shape index (κ2) is 7.26. The van der Waals surface area contributed by atoms with E-state index in [2.05, 4.69) is 17.2 Å². The Morgan fingerprint density at radius 3 is 2.89 bits per heavy atom. The molecule has 2 N–H and O–H groups in total. The van der Waals surface area contributed by atoms with Crippen LogP contribution < -0.4 is 10.7 Å². The number of amides is 1. The van der Waals surface area contributed by atoms with Crippen molar-refractivity contribution in [1.82, 2.24) is 10.3 Å². The number of rotatable bonds is 6. The molecule has 0 saturated heterocycles. The van der Waals surface area contributed by atoms with Gasteiger partial charge in [-0.25, -0.2) is 0 Å². The Morgan fingerprint density at radius 1 is 1.56 bits per heavy atom. The van der Waals surface area contributed by atoms with E-state index in [-0.39, 0.29) is 22.9 Å². The van der Waals surface area contributed by atoms with E-state index in [1.165, 1.54) is 12.3 Å². The van der Waals surface area contributed by atoms with Gasteiger partial charge in [0.2, 0.25) is 0 Å². The van der Waals surface area contributed by atoms with E-state index in [1.807, 2.05) is 18.7 Å². The summed E-state index contributed by atoms with van der Waals surface area (Å²) in [6, 6.07) is 1.52. The first-order chi connectivity index (χ1) is 8.54. The highest BCUT2D eigenvalue weighted by Crippen LogP contribution is 2.04. The molecule has 5 heteroatoms. The summed E-state index contributed by atoms with van der Waals surface area (Å²) >= 11 is 1.85. The molecule has 0 aliphatic carbocycles. The maximum atomic E-state index is 11.9. The molecule has 1 unspecified atom stereocenters. The van der Waals surface area contributed by atoms with Crippen molar-refractivity contribution in [2.45, 2.75) is 33.2 Å². The van der Waals surface area contributed by atoms with Crippen LogP contribution in [0.25, 0.3) is 0 Å². The maximum Gasteiger partial charge on any atom is 0.256 e. The molecule has 0 bridgehead atoms. The summed E-state index contributed by atoms with van der Waals surface area (Å²) in [5.74, 6) is 1.80. The molecule has 1 amide bonds. The Hall–Kier alpha value is -1.23. The zero-order chi connectivity index (χ0) is 13.5. The second-order valence-corrected chi connectivity index (χ2v) is 5.65. The fourth-order valence-electron chi connectivity index (χ4n) is 1.53. The fourth-order valence-corrected chi connectivity index (χ4v) is 2.34. The molecule has 4 nitrogen and oxygen atoms in total. The molecule has 0 radical (unpaired) electrons. The van der Waals surface area contributed by atoms with Gasteiger partial charge >= 0.3 is 0 Å². The van der Waals surface area contributed by atoms with Crippen molar-refractivity contribution < 1.29 is 4.79 Å². The molecule has 0 fully saturated rings. The molecule has 0 spiro atoms. The predicted octanol–water partition coefficient (Wildman–Crippen LogP) is 1.94. The average Bonchev–Trinajstić information content (AvgIpc) is 2.28. The summed E-state index contributed by atoms with van der Waals surface area (Å²) in [5.41, 5.74) is 0.693. The van der Waals surface area contributed by atoms with Gasteiger partial charge in [0.25, 0.3) is 5.91 Å². The predicted molar refractivity (Wildman–Crippen MR) is 76.3 cm³/mol. The topological polar surface area (TPSA) is 62.0 Å². The Balaban J connectivity index is 2.57. The Labute approximate surface area is 112 Å². The van der Waals surface area contributed by atoms with E-state index < -0.39 is 0 Å². The summed E-state index contributed by atoms with van der Waals surface area (Å²) in [7, 11) is 0. The molecular formula is C13H20N2O2S. The number of hydrogen-bond donors (Lipinski definition) is 2. The molecule has 18 heavy (non-hydrogen) atoms. The van der Waals surface area contributed by atoms with Gasteiger partial charge < -0.3 is 10.3 Å². The Kier molecular flexibility index (Phi) is 5.98. The van der Waals surface area contributed by atoms with Crippen LogP contribution in [0.5, 0.6) is 0 Å². The Morgan fingerprint density at radius 2 is 2.28 bits per heavy atom. The molecule has 0 aromatic carbocycles. The van der Waals surface area contributed by atoms with Gasteiger partial charge in [-0.1, -0.05) is 6.92 Å². The van der Waals surface area contributed by atoms with E-state index in [0.29, 0.717) is 0 Å². The number of carbonyl (C=O) groups excluding carboxylic acids is 1. The highest BCUT2D eigenvalue weighted by molar-refractivity contribution is 7.99. The number of carbonyl (C=O) groups is 1. The number of aromatic nitrogens is 1. The fraction of sp³-hybridized carbons (Fsp3) is 0.538. The average molecular weight is 268 g/mol. The first-order valence-electron chi connectivity index (χ1n) is 6.12. The van der Waals surface area contributed by atoms with Gasteiger partial charge in [-0.2, -0.15) is 11.8 Å². The van der Waals surface area contributed by atoms with Crippen molar-refractivity contribution in [3.63, 3.8) is 0 Å². The summed E-state index contributed by atoms with van der Waals surface area (Å²) < 4.78 is 0. The van der Waals surface area contributed by atoms with Crippen LogP contribution in [0, 0.1) is 6.92 Å². The van der Waals surface area contributed by atoms with E-state index in [9.17, 15) is 9.59 Å². The molecule has 0 aliphatic rings. The molecule has 1 rings (SSSR count). The summed E-state index contributed by atoms with van der Waals surface area (Å²) in [4.78, 5) is 26.4. The number of pyridine rings is 1. The molecular weight excluding hydrogens is 248 g/mol. The standard InChI is InChI=1S/C13H20N2O2S/c1-4-18-6-5-9(2)15-13(17)11-8-14-10(3)7-12(11)16/h7-9H,4-6H2,1-3H3,(H,14,16)(H,15,17). The van der Waals surface area contributed by atoms with Crippen LogP contribution in [-0.4, -0.2) is 28.4 Å². The molecule has 100 valence electrons. The van der Waals surface area contributed by atoms with Crippen molar-refractivity contribution in [3.05, 3.63) is 33.7 Å². The van der Waals surface area contributed by atoms with Crippen LogP contribution in [-0.2, 0) is 0 Å². The number of aryl methyl sites for hydroxylation is 1. The van der Waals surface area contributed by atoms with Gasteiger partial charge in [-0.05, 0) is 31.8 Å². The summed E-state index contributed by atoms with van der Waals surface area (Å²) in [6.07, 6.45) is 2.38. The van der Waals surface area contributed by atoms with E-state index in [1.54, 1.807) is 6.92 Å². The minimum Gasteiger partial charge on any atom is -0.364 e. The van der Waals surface area contributed by atoms with Crippen LogP contribution in [0.15, 0.2) is 17.1 Å². The van der Waals surface area contributed by atoms with Gasteiger partial charge in [0.1, 0.15) is 5.56 Å². The summed E-state index contributed by atoms with van der Waals surface area (Å²) in [5, 5.41) is 2.84. The molecule has 1 aromatic heterocycles. The zero-order valence-corrected chi connectivity index (χ0v) is 11.9. The third kappa shape index (κ3) is 4.56. The third-order valence-corrected chi connectivity index (χ3v) is 3.51. The van der Waals surface area contributed by atoms with Crippen LogP contribution in [0.4, 0.5) is 0 Å².